The van der Waals surface area contributed by atoms with Crippen molar-refractivity contribution in [2.75, 3.05) is 19.8 Å². The molecule has 1 aliphatic carbocycles. The van der Waals surface area contributed by atoms with E-state index in [-0.39, 0.29) is 11.9 Å². The van der Waals surface area contributed by atoms with Gasteiger partial charge in [0.1, 0.15) is 24.6 Å². The first-order valence-electron chi connectivity index (χ1n) is 12.9. The first-order valence-corrected chi connectivity index (χ1v) is 12.9. The average Bonchev–Trinajstić information content (AvgIpc) is 3.57. The lowest BCUT2D eigenvalue weighted by molar-refractivity contribution is 0.0736. The van der Waals surface area contributed by atoms with Gasteiger partial charge in [0, 0.05) is 31.1 Å². The number of amides is 1. The Morgan fingerprint density at radius 2 is 1.79 bits per heavy atom. The molecule has 0 radical (unpaired) electrons. The molecule has 3 aromatic rings. The van der Waals surface area contributed by atoms with Crippen molar-refractivity contribution in [3.05, 3.63) is 46.9 Å². The smallest absolute Gasteiger partial charge is 0.256 e. The third-order valence-electron chi connectivity index (χ3n) is 7.78. The van der Waals surface area contributed by atoms with Gasteiger partial charge in [-0.3, -0.25) is 4.79 Å². The number of ether oxygens (including phenoxy) is 2. The van der Waals surface area contributed by atoms with Gasteiger partial charge in [-0.15, -0.1) is 0 Å². The molecule has 1 saturated carbocycles. The molecule has 4 aliphatic rings. The molecular formula is C27H30N4O3. The Hall–Kier alpha value is -3.09. The number of fused-ring (bicyclic) bond motifs is 4. The Morgan fingerprint density at radius 3 is 2.68 bits per heavy atom. The normalized spacial score (nSPS) is 22.0. The van der Waals surface area contributed by atoms with E-state index in [1.165, 1.54) is 6.42 Å². The molecule has 1 atom stereocenters. The zero-order chi connectivity index (χ0) is 22.6. The van der Waals surface area contributed by atoms with Crippen molar-refractivity contribution in [3.63, 3.8) is 0 Å². The van der Waals surface area contributed by atoms with Crippen LogP contribution in [0.15, 0.2) is 24.3 Å². The maximum absolute atomic E-state index is 14.1. The second-order valence-electron chi connectivity index (χ2n) is 10.1. The van der Waals surface area contributed by atoms with Crippen molar-refractivity contribution in [1.82, 2.24) is 19.4 Å². The van der Waals surface area contributed by atoms with Crippen molar-refractivity contribution in [1.29, 1.82) is 0 Å². The predicted molar refractivity (Wildman–Crippen MR) is 128 cm³/mol. The van der Waals surface area contributed by atoms with Gasteiger partial charge in [0.15, 0.2) is 17.1 Å². The number of aryl methyl sites for hydroxylation is 2. The number of hydrogen-bond acceptors (Lipinski definition) is 5. The summed E-state index contributed by atoms with van der Waals surface area (Å²) < 4.78 is 13.8. The standard InChI is InChI=1S/C27H30N4O3/c32-27(30-12-4-5-21(30)18-9-10-22-23(15-18)34-14-13-33-22)19-16-20(17-7-8-17)28-26-25(19)29-24-6-2-1-3-11-31(24)26/h9-10,15-17,21H,1-8,11-14H2. The number of likely N-dealkylation sites (tertiary alicyclic amines) is 1. The van der Waals surface area contributed by atoms with Crippen molar-refractivity contribution in [2.24, 2.45) is 0 Å². The highest BCUT2D eigenvalue weighted by Gasteiger charge is 2.35. The molecule has 1 unspecified atom stereocenters. The van der Waals surface area contributed by atoms with Crippen LogP contribution in [0.5, 0.6) is 11.5 Å². The van der Waals surface area contributed by atoms with Gasteiger partial charge >= 0.3 is 0 Å². The van der Waals surface area contributed by atoms with Crippen LogP contribution in [-0.4, -0.2) is 45.1 Å². The maximum atomic E-state index is 14.1. The summed E-state index contributed by atoms with van der Waals surface area (Å²) in [4.78, 5) is 26.2. The van der Waals surface area contributed by atoms with E-state index in [4.69, 9.17) is 19.4 Å². The Bertz CT molecular complexity index is 1280. The number of aromatic nitrogens is 3. The van der Waals surface area contributed by atoms with E-state index < -0.39 is 0 Å². The topological polar surface area (TPSA) is 69.5 Å². The van der Waals surface area contributed by atoms with Crippen molar-refractivity contribution < 1.29 is 14.3 Å². The first kappa shape index (κ1) is 20.3. The molecule has 1 saturated heterocycles. The van der Waals surface area contributed by atoms with E-state index in [9.17, 15) is 4.79 Å². The lowest BCUT2D eigenvalue weighted by Crippen LogP contribution is -2.31. The number of pyridine rings is 1. The first-order chi connectivity index (χ1) is 16.8. The molecule has 1 aromatic carbocycles. The summed E-state index contributed by atoms with van der Waals surface area (Å²) in [6, 6.07) is 8.21. The number of hydrogen-bond donors (Lipinski definition) is 0. The highest BCUT2D eigenvalue weighted by Crippen LogP contribution is 2.42. The molecule has 0 spiro atoms. The Morgan fingerprint density at radius 1 is 0.912 bits per heavy atom. The summed E-state index contributed by atoms with van der Waals surface area (Å²) in [6.07, 6.45) is 8.77. The summed E-state index contributed by atoms with van der Waals surface area (Å²) in [5.41, 5.74) is 4.62. The number of rotatable bonds is 3. The number of carbonyl (C=O) groups excluding carboxylic acids is 1. The molecule has 5 heterocycles. The van der Waals surface area contributed by atoms with Gasteiger partial charge in [-0.1, -0.05) is 12.5 Å². The molecule has 34 heavy (non-hydrogen) atoms. The van der Waals surface area contributed by atoms with Crippen LogP contribution in [0, 0.1) is 0 Å². The molecule has 3 aliphatic heterocycles. The number of nitrogens with zero attached hydrogens (tertiary/aromatic N) is 4. The molecule has 0 N–H and O–H groups in total. The maximum Gasteiger partial charge on any atom is 0.256 e. The second-order valence-corrected chi connectivity index (χ2v) is 10.1. The van der Waals surface area contributed by atoms with E-state index in [1.807, 2.05) is 11.0 Å². The van der Waals surface area contributed by atoms with E-state index in [1.54, 1.807) is 0 Å². The van der Waals surface area contributed by atoms with Crippen molar-refractivity contribution >= 4 is 17.1 Å². The largest absolute Gasteiger partial charge is 0.486 e. The third-order valence-corrected chi connectivity index (χ3v) is 7.78. The molecule has 7 rings (SSSR count). The number of imidazole rings is 1. The fourth-order valence-corrected chi connectivity index (χ4v) is 5.84. The van der Waals surface area contributed by atoms with Crippen LogP contribution in [0.25, 0.3) is 11.2 Å². The Balaban J connectivity index is 1.29. The second kappa shape index (κ2) is 8.00. The summed E-state index contributed by atoms with van der Waals surface area (Å²) in [6.45, 7) is 2.85. The van der Waals surface area contributed by atoms with Gasteiger partial charge in [-0.2, -0.15) is 0 Å². The molecule has 7 nitrogen and oxygen atoms in total. The van der Waals surface area contributed by atoms with E-state index >= 15 is 0 Å². The monoisotopic (exact) mass is 458 g/mol. The van der Waals surface area contributed by atoms with Crippen LogP contribution in [0.3, 0.4) is 0 Å². The Labute approximate surface area is 199 Å². The average molecular weight is 459 g/mol. The molecule has 176 valence electrons. The van der Waals surface area contributed by atoms with Gasteiger partial charge in [0.2, 0.25) is 0 Å². The van der Waals surface area contributed by atoms with Crippen LogP contribution in [0.2, 0.25) is 0 Å². The summed E-state index contributed by atoms with van der Waals surface area (Å²) in [7, 11) is 0. The van der Waals surface area contributed by atoms with Gasteiger partial charge in [-0.05, 0) is 62.3 Å². The van der Waals surface area contributed by atoms with Crippen molar-refractivity contribution in [2.45, 2.75) is 69.9 Å². The van der Waals surface area contributed by atoms with Crippen LogP contribution in [-0.2, 0) is 13.0 Å². The van der Waals surface area contributed by atoms with Crippen LogP contribution >= 0.6 is 0 Å². The van der Waals surface area contributed by atoms with Crippen molar-refractivity contribution in [3.8, 4) is 11.5 Å². The molecule has 1 amide bonds. The zero-order valence-corrected chi connectivity index (χ0v) is 19.5. The molecule has 2 aromatic heterocycles. The lowest BCUT2D eigenvalue weighted by atomic mass is 10.0. The lowest BCUT2D eigenvalue weighted by Gasteiger charge is -2.27. The van der Waals surface area contributed by atoms with E-state index in [0.29, 0.717) is 19.1 Å². The van der Waals surface area contributed by atoms with E-state index in [0.717, 1.165) is 103 Å². The highest BCUT2D eigenvalue weighted by atomic mass is 16.6. The zero-order valence-electron chi connectivity index (χ0n) is 19.5. The third kappa shape index (κ3) is 3.36. The van der Waals surface area contributed by atoms with Crippen LogP contribution in [0.4, 0.5) is 0 Å². The molecular weight excluding hydrogens is 428 g/mol. The minimum absolute atomic E-state index is 0.0383. The van der Waals surface area contributed by atoms with E-state index in [2.05, 4.69) is 22.8 Å². The summed E-state index contributed by atoms with van der Waals surface area (Å²) in [5, 5.41) is 0. The quantitative estimate of drug-likeness (QED) is 0.565. The van der Waals surface area contributed by atoms with Gasteiger partial charge in [0.05, 0.1) is 11.6 Å². The highest BCUT2D eigenvalue weighted by molar-refractivity contribution is 6.04. The van der Waals surface area contributed by atoms with Gasteiger partial charge in [-0.25, -0.2) is 9.97 Å². The fourth-order valence-electron chi connectivity index (χ4n) is 5.84. The molecule has 7 heteroatoms. The minimum Gasteiger partial charge on any atom is -0.486 e. The minimum atomic E-state index is 0.0383. The van der Waals surface area contributed by atoms with Gasteiger partial charge < -0.3 is 18.9 Å². The summed E-state index contributed by atoms with van der Waals surface area (Å²) in [5.74, 6) is 3.23. The van der Waals surface area contributed by atoms with Crippen LogP contribution in [0.1, 0.15) is 84.3 Å². The SMILES string of the molecule is O=C(c1cc(C2CC2)nc2c1nc1n2CCCCC1)N1CCCC1c1ccc2c(c1)OCCO2. The summed E-state index contributed by atoms with van der Waals surface area (Å²) >= 11 is 0. The Kier molecular flexibility index (Phi) is 4.77. The van der Waals surface area contributed by atoms with Gasteiger partial charge in [0.25, 0.3) is 5.91 Å². The number of carbonyl (C=O) groups is 1. The fraction of sp³-hybridized carbons (Fsp3) is 0.519. The predicted octanol–water partition coefficient (Wildman–Crippen LogP) is 4.78. The molecule has 2 fully saturated rings. The number of benzene rings is 1. The molecule has 0 bridgehead atoms. The van der Waals surface area contributed by atoms with Crippen LogP contribution < -0.4 is 9.47 Å².